The third-order valence-electron chi connectivity index (χ3n) is 6.23. The SMILES string of the molecule is CCOC(=O)C1=C(C)N(c2ccc(OCC)cc2)C(=O)/C1=C\c1cc(C)n(-c2cccc(Cl)c2Cl)c1C. The van der Waals surface area contributed by atoms with Crippen molar-refractivity contribution in [3.8, 4) is 11.4 Å². The number of anilines is 1. The van der Waals surface area contributed by atoms with Gasteiger partial charge in [-0.25, -0.2) is 4.79 Å². The van der Waals surface area contributed by atoms with Gasteiger partial charge in [0.05, 0.1) is 40.1 Å². The molecule has 0 saturated heterocycles. The van der Waals surface area contributed by atoms with Crippen LogP contribution in [0.2, 0.25) is 10.0 Å². The molecule has 192 valence electrons. The highest BCUT2D eigenvalue weighted by Gasteiger charge is 2.38. The fourth-order valence-electron chi connectivity index (χ4n) is 4.58. The Bertz CT molecular complexity index is 1430. The van der Waals surface area contributed by atoms with Crippen molar-refractivity contribution in [1.82, 2.24) is 4.57 Å². The Hall–Kier alpha value is -3.48. The average molecular weight is 539 g/mol. The summed E-state index contributed by atoms with van der Waals surface area (Å²) in [5.41, 5.74) is 4.91. The Balaban J connectivity index is 1.83. The van der Waals surface area contributed by atoms with Crippen molar-refractivity contribution >= 4 is 46.8 Å². The summed E-state index contributed by atoms with van der Waals surface area (Å²) in [5.74, 6) is -0.150. The first-order valence-electron chi connectivity index (χ1n) is 12.0. The van der Waals surface area contributed by atoms with Crippen LogP contribution in [0, 0.1) is 13.8 Å². The number of rotatable bonds is 7. The lowest BCUT2D eigenvalue weighted by Gasteiger charge is -2.18. The smallest absolute Gasteiger partial charge is 0.340 e. The van der Waals surface area contributed by atoms with Crippen molar-refractivity contribution in [3.63, 3.8) is 0 Å². The van der Waals surface area contributed by atoms with Crippen molar-refractivity contribution in [2.45, 2.75) is 34.6 Å². The van der Waals surface area contributed by atoms with E-state index in [-0.39, 0.29) is 23.7 Å². The van der Waals surface area contributed by atoms with E-state index >= 15 is 0 Å². The summed E-state index contributed by atoms with van der Waals surface area (Å²) in [6, 6.07) is 14.6. The summed E-state index contributed by atoms with van der Waals surface area (Å²) in [4.78, 5) is 28.3. The monoisotopic (exact) mass is 538 g/mol. The molecular formula is C29H28Cl2N2O4. The van der Waals surface area contributed by atoms with Gasteiger partial charge in [-0.2, -0.15) is 0 Å². The summed E-state index contributed by atoms with van der Waals surface area (Å²) in [6.07, 6.45) is 1.74. The van der Waals surface area contributed by atoms with Gasteiger partial charge in [0.15, 0.2) is 0 Å². The molecule has 0 atom stereocenters. The molecule has 0 bridgehead atoms. The number of carbonyl (C=O) groups excluding carboxylic acids is 2. The highest BCUT2D eigenvalue weighted by molar-refractivity contribution is 6.43. The third kappa shape index (κ3) is 4.91. The molecular weight excluding hydrogens is 511 g/mol. The molecule has 0 N–H and O–H groups in total. The molecule has 37 heavy (non-hydrogen) atoms. The van der Waals surface area contributed by atoms with Crippen LogP contribution in [-0.2, 0) is 14.3 Å². The van der Waals surface area contributed by atoms with Gasteiger partial charge in [0, 0.05) is 22.8 Å². The van der Waals surface area contributed by atoms with E-state index in [0.717, 1.165) is 22.6 Å². The molecule has 1 aliphatic rings. The maximum Gasteiger partial charge on any atom is 0.340 e. The van der Waals surface area contributed by atoms with Gasteiger partial charge < -0.3 is 14.0 Å². The van der Waals surface area contributed by atoms with E-state index in [1.807, 2.05) is 43.5 Å². The number of hydrogen-bond acceptors (Lipinski definition) is 4. The van der Waals surface area contributed by atoms with E-state index in [9.17, 15) is 9.59 Å². The fourth-order valence-corrected chi connectivity index (χ4v) is 4.96. The zero-order chi connectivity index (χ0) is 26.9. The van der Waals surface area contributed by atoms with E-state index in [0.29, 0.717) is 33.8 Å². The lowest BCUT2D eigenvalue weighted by Crippen LogP contribution is -2.24. The average Bonchev–Trinajstić information content (AvgIpc) is 3.28. The molecule has 1 amide bonds. The molecule has 2 heterocycles. The lowest BCUT2D eigenvalue weighted by atomic mass is 10.0. The number of halogens is 2. The quantitative estimate of drug-likeness (QED) is 0.238. The number of allylic oxidation sites excluding steroid dienone is 1. The zero-order valence-electron chi connectivity index (χ0n) is 21.4. The molecule has 0 radical (unpaired) electrons. The number of carbonyl (C=O) groups is 2. The highest BCUT2D eigenvalue weighted by Crippen LogP contribution is 2.38. The van der Waals surface area contributed by atoms with E-state index in [4.69, 9.17) is 32.7 Å². The van der Waals surface area contributed by atoms with Crippen LogP contribution in [-0.4, -0.2) is 29.7 Å². The Morgan fingerprint density at radius 1 is 1.00 bits per heavy atom. The first-order chi connectivity index (χ1) is 17.7. The van der Waals surface area contributed by atoms with Crippen LogP contribution in [0.1, 0.15) is 37.7 Å². The Kier molecular flexibility index (Phi) is 7.81. The second kappa shape index (κ2) is 10.9. The number of nitrogens with zero attached hydrogens (tertiary/aromatic N) is 2. The topological polar surface area (TPSA) is 60.8 Å². The minimum Gasteiger partial charge on any atom is -0.494 e. The summed E-state index contributed by atoms with van der Waals surface area (Å²) in [6.45, 7) is 10.0. The van der Waals surface area contributed by atoms with Gasteiger partial charge in [-0.3, -0.25) is 9.69 Å². The first-order valence-corrected chi connectivity index (χ1v) is 12.8. The number of hydrogen-bond donors (Lipinski definition) is 0. The molecule has 8 heteroatoms. The van der Waals surface area contributed by atoms with Crippen molar-refractivity contribution < 1.29 is 19.1 Å². The van der Waals surface area contributed by atoms with Gasteiger partial charge >= 0.3 is 5.97 Å². The Morgan fingerprint density at radius 3 is 2.35 bits per heavy atom. The molecule has 4 rings (SSSR count). The minimum absolute atomic E-state index is 0.196. The van der Waals surface area contributed by atoms with Crippen LogP contribution in [0.25, 0.3) is 11.8 Å². The Morgan fingerprint density at radius 2 is 1.70 bits per heavy atom. The number of ether oxygens (including phenoxy) is 2. The zero-order valence-corrected chi connectivity index (χ0v) is 22.9. The Labute approximate surface area is 226 Å². The number of amides is 1. The summed E-state index contributed by atoms with van der Waals surface area (Å²) in [5, 5.41) is 0.887. The number of aryl methyl sites for hydroxylation is 1. The minimum atomic E-state index is -0.542. The molecule has 1 aliphatic heterocycles. The van der Waals surface area contributed by atoms with Crippen molar-refractivity contribution in [1.29, 1.82) is 0 Å². The molecule has 0 aliphatic carbocycles. The molecule has 6 nitrogen and oxygen atoms in total. The third-order valence-corrected chi connectivity index (χ3v) is 7.04. The van der Waals surface area contributed by atoms with Crippen LogP contribution in [0.4, 0.5) is 5.69 Å². The van der Waals surface area contributed by atoms with E-state index < -0.39 is 5.97 Å². The molecule has 0 spiro atoms. The van der Waals surface area contributed by atoms with Gasteiger partial charge in [0.2, 0.25) is 0 Å². The van der Waals surface area contributed by atoms with Crippen LogP contribution in [0.3, 0.4) is 0 Å². The van der Waals surface area contributed by atoms with E-state index in [1.165, 1.54) is 4.90 Å². The van der Waals surface area contributed by atoms with Gasteiger partial charge in [-0.1, -0.05) is 29.3 Å². The molecule has 0 saturated carbocycles. The highest BCUT2D eigenvalue weighted by atomic mass is 35.5. The second-order valence-electron chi connectivity index (χ2n) is 8.54. The van der Waals surface area contributed by atoms with Crippen molar-refractivity contribution in [2.24, 2.45) is 0 Å². The van der Waals surface area contributed by atoms with Crippen LogP contribution >= 0.6 is 23.2 Å². The second-order valence-corrected chi connectivity index (χ2v) is 9.33. The predicted molar refractivity (Wildman–Crippen MR) is 148 cm³/mol. The van der Waals surface area contributed by atoms with E-state index in [1.54, 1.807) is 50.3 Å². The summed E-state index contributed by atoms with van der Waals surface area (Å²) < 4.78 is 12.8. The molecule has 3 aromatic rings. The van der Waals surface area contributed by atoms with Crippen molar-refractivity contribution in [2.75, 3.05) is 18.1 Å². The molecule has 2 aromatic carbocycles. The number of aromatic nitrogens is 1. The number of benzene rings is 2. The van der Waals surface area contributed by atoms with Crippen LogP contribution in [0.5, 0.6) is 5.75 Å². The number of esters is 1. The fraction of sp³-hybridized carbons (Fsp3) is 0.241. The van der Waals surface area contributed by atoms with Gasteiger partial charge in [0.25, 0.3) is 5.91 Å². The summed E-state index contributed by atoms with van der Waals surface area (Å²) in [7, 11) is 0. The van der Waals surface area contributed by atoms with Crippen molar-refractivity contribution in [3.05, 3.63) is 92.4 Å². The lowest BCUT2D eigenvalue weighted by molar-refractivity contribution is -0.138. The van der Waals surface area contributed by atoms with Crippen LogP contribution in [0.15, 0.2) is 65.4 Å². The largest absolute Gasteiger partial charge is 0.494 e. The summed E-state index contributed by atoms with van der Waals surface area (Å²) >= 11 is 12.8. The predicted octanol–water partition coefficient (Wildman–Crippen LogP) is 7.07. The van der Waals surface area contributed by atoms with E-state index in [2.05, 4.69) is 0 Å². The maximum absolute atomic E-state index is 13.8. The molecule has 1 aromatic heterocycles. The first kappa shape index (κ1) is 26.6. The van der Waals surface area contributed by atoms with Gasteiger partial charge in [-0.05, 0) is 88.7 Å². The van der Waals surface area contributed by atoms with Crippen LogP contribution < -0.4 is 9.64 Å². The maximum atomic E-state index is 13.8. The standard InChI is InChI=1S/C29H28Cl2N2O4/c1-6-36-22-13-11-21(12-14-22)33-19(5)26(29(35)37-7-2)23(28(33)34)16-20-15-17(3)32(18(20)4)25-10-8-9-24(30)27(25)31/h8-16H,6-7H2,1-5H3/b23-16-. The molecule has 0 unspecified atom stereocenters. The van der Waals surface area contributed by atoms with Gasteiger partial charge in [-0.15, -0.1) is 0 Å². The van der Waals surface area contributed by atoms with Gasteiger partial charge in [0.1, 0.15) is 5.75 Å². The normalized spacial score (nSPS) is 14.6. The molecule has 0 fully saturated rings.